The van der Waals surface area contributed by atoms with Gasteiger partial charge in [0.25, 0.3) is 0 Å². The quantitative estimate of drug-likeness (QED) is 0.452. The van der Waals surface area contributed by atoms with Gasteiger partial charge in [-0.25, -0.2) is 0 Å². The minimum absolute atomic E-state index is 0.463. The van der Waals surface area contributed by atoms with Gasteiger partial charge in [-0.05, 0) is 25.9 Å². The Morgan fingerprint density at radius 2 is 2.12 bits per heavy atom. The normalized spacial score (nSPS) is 31.8. The van der Waals surface area contributed by atoms with Gasteiger partial charge >= 0.3 is 0 Å². The van der Waals surface area contributed by atoms with Crippen LogP contribution in [0.4, 0.5) is 0 Å². The Balaban J connectivity index is 2.17. The smallest absolute Gasteiger partial charge is 0.0700 e. The number of rotatable bonds is 0. The molecule has 8 heavy (non-hydrogen) atoms. The van der Waals surface area contributed by atoms with E-state index < -0.39 is 0 Å². The van der Waals surface area contributed by atoms with Crippen molar-refractivity contribution in [3.8, 4) is 0 Å². The van der Waals surface area contributed by atoms with Crippen LogP contribution in [0.15, 0.2) is 0 Å². The molecule has 1 aliphatic heterocycles. The van der Waals surface area contributed by atoms with Gasteiger partial charge in [0, 0.05) is 0 Å². The second kappa shape index (κ2) is 3.13. The van der Waals surface area contributed by atoms with Crippen molar-refractivity contribution in [1.29, 1.82) is 0 Å². The molecule has 0 aromatic carbocycles. The van der Waals surface area contributed by atoms with E-state index in [9.17, 15) is 0 Å². The van der Waals surface area contributed by atoms with Crippen LogP contribution in [0.3, 0.4) is 0 Å². The van der Waals surface area contributed by atoms with E-state index in [1.54, 1.807) is 0 Å². The third-order valence-electron chi connectivity index (χ3n) is 1.62. The fourth-order valence-electron chi connectivity index (χ4n) is 1.05. The van der Waals surface area contributed by atoms with Crippen molar-refractivity contribution in [2.45, 2.75) is 25.1 Å². The van der Waals surface area contributed by atoms with Gasteiger partial charge in [-0.3, -0.25) is 0 Å². The Labute approximate surface area is 52.3 Å². The molecule has 1 atom stereocenters. The summed E-state index contributed by atoms with van der Waals surface area (Å²) in [6.07, 6.45) is 3.61. The van der Waals surface area contributed by atoms with Gasteiger partial charge in [-0.15, -0.1) is 0 Å². The molecule has 0 spiro atoms. The summed E-state index contributed by atoms with van der Waals surface area (Å²) in [5, 5.41) is 3.30. The lowest BCUT2D eigenvalue weighted by Gasteiger charge is -2.02. The first kappa shape index (κ1) is 6.15. The summed E-state index contributed by atoms with van der Waals surface area (Å²) >= 11 is 0. The van der Waals surface area contributed by atoms with Crippen LogP contribution in [0.5, 0.6) is 0 Å². The number of hydrogen-bond donors (Lipinski definition) is 1. The highest BCUT2D eigenvalue weighted by Gasteiger charge is 2.03. The van der Waals surface area contributed by atoms with Crippen LogP contribution in [0.2, 0.25) is 5.82 Å². The standard InChI is InChI=1S/C6H12BN/c7-6-2-1-4-8-5-3-6/h6,8H,1-5H2. The fraction of sp³-hybridized carbons (Fsp3) is 1.00. The van der Waals surface area contributed by atoms with Gasteiger partial charge in [-0.2, -0.15) is 0 Å². The molecule has 1 rings (SSSR count). The van der Waals surface area contributed by atoms with Crippen molar-refractivity contribution in [1.82, 2.24) is 5.32 Å². The predicted molar refractivity (Wildman–Crippen MR) is 36.2 cm³/mol. The maximum Gasteiger partial charge on any atom is 0.0700 e. The molecule has 0 bridgehead atoms. The molecular weight excluding hydrogens is 96.9 g/mol. The van der Waals surface area contributed by atoms with Gasteiger partial charge < -0.3 is 5.32 Å². The first-order valence-electron chi connectivity index (χ1n) is 3.36. The maximum atomic E-state index is 5.69. The van der Waals surface area contributed by atoms with E-state index in [1.807, 2.05) is 0 Å². The summed E-state index contributed by atoms with van der Waals surface area (Å²) in [6.45, 7) is 2.27. The Hall–Kier alpha value is 0.0249. The second-order valence-corrected chi connectivity index (χ2v) is 2.44. The average Bonchev–Trinajstić information content (AvgIpc) is 1.94. The molecule has 1 fully saturated rings. The number of nitrogens with one attached hydrogen (secondary N) is 1. The van der Waals surface area contributed by atoms with E-state index in [0.717, 1.165) is 19.5 Å². The zero-order valence-corrected chi connectivity index (χ0v) is 5.19. The molecule has 0 aliphatic carbocycles. The van der Waals surface area contributed by atoms with E-state index in [-0.39, 0.29) is 0 Å². The molecule has 1 N–H and O–H groups in total. The van der Waals surface area contributed by atoms with Crippen molar-refractivity contribution >= 4 is 7.85 Å². The molecule has 1 nitrogen and oxygen atoms in total. The molecule has 0 saturated carbocycles. The Kier molecular flexibility index (Phi) is 2.41. The minimum atomic E-state index is 0.463. The third kappa shape index (κ3) is 1.87. The van der Waals surface area contributed by atoms with Crippen molar-refractivity contribution in [3.05, 3.63) is 0 Å². The molecule has 0 aromatic rings. The fourth-order valence-corrected chi connectivity index (χ4v) is 1.05. The van der Waals surface area contributed by atoms with E-state index >= 15 is 0 Å². The Bertz CT molecular complexity index is 57.5. The van der Waals surface area contributed by atoms with Gasteiger partial charge in [0.2, 0.25) is 0 Å². The summed E-state index contributed by atoms with van der Waals surface area (Å²) in [4.78, 5) is 0. The van der Waals surface area contributed by atoms with Crippen molar-refractivity contribution in [2.75, 3.05) is 13.1 Å². The molecule has 1 unspecified atom stereocenters. The Morgan fingerprint density at radius 3 is 3.00 bits per heavy atom. The van der Waals surface area contributed by atoms with Crippen LogP contribution in [-0.4, -0.2) is 20.9 Å². The van der Waals surface area contributed by atoms with Crippen molar-refractivity contribution in [3.63, 3.8) is 0 Å². The van der Waals surface area contributed by atoms with Gasteiger partial charge in [0.15, 0.2) is 0 Å². The molecule has 2 heteroatoms. The second-order valence-electron chi connectivity index (χ2n) is 2.44. The SMILES string of the molecule is [B]C1CCCNCC1. The van der Waals surface area contributed by atoms with Crippen LogP contribution in [0.1, 0.15) is 19.3 Å². The summed E-state index contributed by atoms with van der Waals surface area (Å²) in [7, 11) is 5.69. The molecule has 1 heterocycles. The lowest BCUT2D eigenvalue weighted by molar-refractivity contribution is 0.702. The molecule has 44 valence electrons. The van der Waals surface area contributed by atoms with Crippen LogP contribution < -0.4 is 5.32 Å². The first-order chi connectivity index (χ1) is 3.89. The lowest BCUT2D eigenvalue weighted by atomic mass is 9.82. The minimum Gasteiger partial charge on any atom is -0.317 e. The van der Waals surface area contributed by atoms with E-state index in [1.165, 1.54) is 12.8 Å². The van der Waals surface area contributed by atoms with Crippen molar-refractivity contribution in [2.24, 2.45) is 0 Å². The van der Waals surface area contributed by atoms with Gasteiger partial charge in [0.1, 0.15) is 0 Å². The highest BCUT2D eigenvalue weighted by Crippen LogP contribution is 2.14. The predicted octanol–water partition coefficient (Wildman–Crippen LogP) is 0.717. The van der Waals surface area contributed by atoms with Crippen LogP contribution >= 0.6 is 0 Å². The summed E-state index contributed by atoms with van der Waals surface area (Å²) in [5.74, 6) is 0.463. The zero-order chi connectivity index (χ0) is 5.82. The van der Waals surface area contributed by atoms with E-state index in [4.69, 9.17) is 7.85 Å². The van der Waals surface area contributed by atoms with Crippen LogP contribution in [0.25, 0.3) is 0 Å². The molecule has 1 saturated heterocycles. The number of hydrogen-bond acceptors (Lipinski definition) is 1. The summed E-state index contributed by atoms with van der Waals surface area (Å²) < 4.78 is 0. The van der Waals surface area contributed by atoms with Gasteiger partial charge in [0.05, 0.1) is 7.85 Å². The average molecular weight is 109 g/mol. The highest BCUT2D eigenvalue weighted by molar-refractivity contribution is 6.11. The topological polar surface area (TPSA) is 12.0 Å². The van der Waals surface area contributed by atoms with Crippen LogP contribution in [-0.2, 0) is 0 Å². The van der Waals surface area contributed by atoms with E-state index in [0.29, 0.717) is 5.82 Å². The zero-order valence-electron chi connectivity index (χ0n) is 5.19. The summed E-state index contributed by atoms with van der Waals surface area (Å²) in [5.41, 5.74) is 0. The van der Waals surface area contributed by atoms with E-state index in [2.05, 4.69) is 5.32 Å². The van der Waals surface area contributed by atoms with Crippen LogP contribution in [0, 0.1) is 0 Å². The monoisotopic (exact) mass is 109 g/mol. The molecular formula is C6H12BN. The van der Waals surface area contributed by atoms with Crippen molar-refractivity contribution < 1.29 is 0 Å². The largest absolute Gasteiger partial charge is 0.317 e. The molecule has 0 aromatic heterocycles. The first-order valence-corrected chi connectivity index (χ1v) is 3.36. The highest BCUT2D eigenvalue weighted by atomic mass is 14.8. The molecule has 2 radical (unpaired) electrons. The van der Waals surface area contributed by atoms with Gasteiger partial charge in [-0.1, -0.05) is 12.2 Å². The third-order valence-corrected chi connectivity index (χ3v) is 1.62. The molecule has 0 amide bonds. The maximum absolute atomic E-state index is 5.69. The summed E-state index contributed by atoms with van der Waals surface area (Å²) in [6, 6.07) is 0. The molecule has 1 aliphatic rings. The Morgan fingerprint density at radius 1 is 1.25 bits per heavy atom. The lowest BCUT2D eigenvalue weighted by Crippen LogP contribution is -2.13.